The lowest BCUT2D eigenvalue weighted by Crippen LogP contribution is -2.37. The summed E-state index contributed by atoms with van der Waals surface area (Å²) in [4.78, 5) is 6.95. The van der Waals surface area contributed by atoms with E-state index in [-0.39, 0.29) is 0 Å². The van der Waals surface area contributed by atoms with Gasteiger partial charge in [-0.2, -0.15) is 0 Å². The Hall–Kier alpha value is -1.03. The van der Waals surface area contributed by atoms with Crippen molar-refractivity contribution in [2.45, 2.75) is 57.0 Å². The Labute approximate surface area is 116 Å². The van der Waals surface area contributed by atoms with Gasteiger partial charge in [0.1, 0.15) is 0 Å². The number of anilines is 1. The second kappa shape index (κ2) is 5.95. The van der Waals surface area contributed by atoms with E-state index in [0.717, 1.165) is 5.95 Å². The van der Waals surface area contributed by atoms with Gasteiger partial charge in [0.05, 0.1) is 0 Å². The number of aromatic nitrogens is 2. The number of likely N-dealkylation sites (tertiary alicyclic amines) is 1. The summed E-state index contributed by atoms with van der Waals surface area (Å²) in [6.07, 6.45) is 13.4. The predicted octanol–water partition coefficient (Wildman–Crippen LogP) is 2.89. The Morgan fingerprint density at radius 3 is 2.58 bits per heavy atom. The molecule has 0 aromatic carbocycles. The Bertz CT molecular complexity index is 387. The molecule has 2 heterocycles. The van der Waals surface area contributed by atoms with Crippen LogP contribution in [0.1, 0.15) is 51.0 Å². The van der Waals surface area contributed by atoms with E-state index in [0.29, 0.717) is 12.1 Å². The summed E-state index contributed by atoms with van der Waals surface area (Å²) in [5.41, 5.74) is 0. The molecule has 1 aromatic rings. The quantitative estimate of drug-likeness (QED) is 0.909. The monoisotopic (exact) mass is 262 g/mol. The van der Waals surface area contributed by atoms with Crippen molar-refractivity contribution in [2.75, 3.05) is 25.5 Å². The highest BCUT2D eigenvalue weighted by Gasteiger charge is 2.21. The van der Waals surface area contributed by atoms with Gasteiger partial charge in [-0.25, -0.2) is 4.98 Å². The van der Waals surface area contributed by atoms with Gasteiger partial charge < -0.3 is 14.8 Å². The van der Waals surface area contributed by atoms with E-state index in [9.17, 15) is 0 Å². The molecule has 106 valence electrons. The van der Waals surface area contributed by atoms with E-state index in [4.69, 9.17) is 0 Å². The number of nitrogens with zero attached hydrogens (tertiary/aromatic N) is 3. The maximum absolute atomic E-state index is 4.54. The maximum atomic E-state index is 4.54. The van der Waals surface area contributed by atoms with Crippen LogP contribution < -0.4 is 5.32 Å². The highest BCUT2D eigenvalue weighted by atomic mass is 15.2. The van der Waals surface area contributed by atoms with Gasteiger partial charge in [-0.3, -0.25) is 0 Å². The standard InChI is InChI=1S/C15H26N4/c1-18-10-7-13(8-11-18)17-15-16-9-12-19(15)14-5-3-2-4-6-14/h9,12-14H,2-8,10-11H2,1H3,(H,16,17). The van der Waals surface area contributed by atoms with Crippen LogP contribution in [0.5, 0.6) is 0 Å². The number of piperidine rings is 1. The molecule has 1 aliphatic heterocycles. The topological polar surface area (TPSA) is 33.1 Å². The third-order valence-corrected chi connectivity index (χ3v) is 4.69. The summed E-state index contributed by atoms with van der Waals surface area (Å²) in [5, 5.41) is 3.67. The zero-order valence-electron chi connectivity index (χ0n) is 12.0. The highest BCUT2D eigenvalue weighted by Crippen LogP contribution is 2.30. The fourth-order valence-electron chi connectivity index (χ4n) is 3.41. The Morgan fingerprint density at radius 1 is 1.11 bits per heavy atom. The highest BCUT2D eigenvalue weighted by molar-refractivity contribution is 5.28. The predicted molar refractivity (Wildman–Crippen MR) is 78.5 cm³/mol. The molecule has 0 spiro atoms. The molecular formula is C15H26N4. The van der Waals surface area contributed by atoms with Crippen LogP contribution in [0.25, 0.3) is 0 Å². The Morgan fingerprint density at radius 2 is 1.84 bits per heavy atom. The lowest BCUT2D eigenvalue weighted by Gasteiger charge is -2.31. The average molecular weight is 262 g/mol. The van der Waals surface area contributed by atoms with Crippen molar-refractivity contribution in [3.05, 3.63) is 12.4 Å². The van der Waals surface area contributed by atoms with E-state index in [2.05, 4.69) is 33.0 Å². The second-order valence-corrected chi connectivity index (χ2v) is 6.17. The maximum Gasteiger partial charge on any atom is 0.203 e. The molecule has 1 N–H and O–H groups in total. The van der Waals surface area contributed by atoms with Crippen LogP contribution in [0.4, 0.5) is 5.95 Å². The summed E-state index contributed by atoms with van der Waals surface area (Å²) < 4.78 is 2.39. The van der Waals surface area contributed by atoms with Crippen LogP contribution in [-0.4, -0.2) is 40.6 Å². The fraction of sp³-hybridized carbons (Fsp3) is 0.800. The van der Waals surface area contributed by atoms with Crippen molar-refractivity contribution >= 4 is 5.95 Å². The summed E-state index contributed by atoms with van der Waals surface area (Å²) in [7, 11) is 2.21. The van der Waals surface area contributed by atoms with E-state index in [1.165, 1.54) is 58.0 Å². The minimum Gasteiger partial charge on any atom is -0.353 e. The number of hydrogen-bond acceptors (Lipinski definition) is 3. The Balaban J connectivity index is 1.63. The summed E-state index contributed by atoms with van der Waals surface area (Å²) in [6.45, 7) is 2.39. The Kier molecular flexibility index (Phi) is 4.06. The van der Waals surface area contributed by atoms with Crippen LogP contribution in [0.15, 0.2) is 12.4 Å². The number of rotatable bonds is 3. The summed E-state index contributed by atoms with van der Waals surface area (Å²) in [6, 6.07) is 1.27. The van der Waals surface area contributed by atoms with Crippen molar-refractivity contribution in [3.63, 3.8) is 0 Å². The minimum absolute atomic E-state index is 0.598. The molecule has 0 bridgehead atoms. The normalized spacial score (nSPS) is 23.6. The van der Waals surface area contributed by atoms with Gasteiger partial charge in [-0.05, 0) is 45.8 Å². The molecule has 4 nitrogen and oxygen atoms in total. The first-order chi connectivity index (χ1) is 9.33. The van der Waals surface area contributed by atoms with Crippen LogP contribution in [0.3, 0.4) is 0 Å². The smallest absolute Gasteiger partial charge is 0.203 e. The third-order valence-electron chi connectivity index (χ3n) is 4.69. The fourth-order valence-corrected chi connectivity index (χ4v) is 3.41. The lowest BCUT2D eigenvalue weighted by molar-refractivity contribution is 0.262. The molecule has 0 radical (unpaired) electrons. The van der Waals surface area contributed by atoms with E-state index < -0.39 is 0 Å². The molecule has 4 heteroatoms. The molecule has 2 fully saturated rings. The molecule has 1 aromatic heterocycles. The SMILES string of the molecule is CN1CCC(Nc2nccn2C2CCCCC2)CC1. The number of nitrogens with one attached hydrogen (secondary N) is 1. The van der Waals surface area contributed by atoms with E-state index in [1.807, 2.05) is 6.20 Å². The first-order valence-electron chi connectivity index (χ1n) is 7.81. The minimum atomic E-state index is 0.598. The second-order valence-electron chi connectivity index (χ2n) is 6.17. The molecule has 0 unspecified atom stereocenters. The molecule has 1 saturated carbocycles. The average Bonchev–Trinajstić information content (AvgIpc) is 2.90. The van der Waals surface area contributed by atoms with Crippen LogP contribution in [-0.2, 0) is 0 Å². The zero-order chi connectivity index (χ0) is 13.1. The first-order valence-corrected chi connectivity index (χ1v) is 7.81. The van der Waals surface area contributed by atoms with Gasteiger partial charge >= 0.3 is 0 Å². The molecule has 2 aliphatic rings. The van der Waals surface area contributed by atoms with Crippen molar-refractivity contribution in [1.82, 2.24) is 14.5 Å². The van der Waals surface area contributed by atoms with Crippen LogP contribution in [0.2, 0.25) is 0 Å². The number of hydrogen-bond donors (Lipinski definition) is 1. The molecule has 19 heavy (non-hydrogen) atoms. The van der Waals surface area contributed by atoms with Gasteiger partial charge in [0.15, 0.2) is 0 Å². The molecule has 0 atom stereocenters. The van der Waals surface area contributed by atoms with E-state index >= 15 is 0 Å². The van der Waals surface area contributed by atoms with Crippen molar-refractivity contribution in [2.24, 2.45) is 0 Å². The molecule has 3 rings (SSSR count). The van der Waals surface area contributed by atoms with Crippen LogP contribution in [0, 0.1) is 0 Å². The third kappa shape index (κ3) is 3.11. The number of imidazole rings is 1. The summed E-state index contributed by atoms with van der Waals surface area (Å²) >= 11 is 0. The molecule has 0 amide bonds. The van der Waals surface area contributed by atoms with Gasteiger partial charge in [-0.15, -0.1) is 0 Å². The van der Waals surface area contributed by atoms with Crippen molar-refractivity contribution in [1.29, 1.82) is 0 Å². The van der Waals surface area contributed by atoms with Gasteiger partial charge in [-0.1, -0.05) is 19.3 Å². The lowest BCUT2D eigenvalue weighted by atomic mass is 9.95. The molecule has 1 saturated heterocycles. The van der Waals surface area contributed by atoms with Gasteiger partial charge in [0.25, 0.3) is 0 Å². The van der Waals surface area contributed by atoms with E-state index in [1.54, 1.807) is 0 Å². The summed E-state index contributed by atoms with van der Waals surface area (Å²) in [5.74, 6) is 1.10. The molecular weight excluding hydrogens is 236 g/mol. The van der Waals surface area contributed by atoms with Gasteiger partial charge in [0.2, 0.25) is 5.95 Å². The van der Waals surface area contributed by atoms with Crippen molar-refractivity contribution < 1.29 is 0 Å². The molecule has 1 aliphatic carbocycles. The first kappa shape index (κ1) is 13.0. The zero-order valence-corrected chi connectivity index (χ0v) is 12.0. The largest absolute Gasteiger partial charge is 0.353 e. The van der Waals surface area contributed by atoms with Gasteiger partial charge in [0, 0.05) is 24.5 Å². The van der Waals surface area contributed by atoms with Crippen LogP contribution >= 0.6 is 0 Å². The van der Waals surface area contributed by atoms with Crippen molar-refractivity contribution in [3.8, 4) is 0 Å².